The van der Waals surface area contributed by atoms with Crippen molar-refractivity contribution in [2.24, 2.45) is 5.92 Å². The summed E-state index contributed by atoms with van der Waals surface area (Å²) in [4.78, 5) is 24.3. The van der Waals surface area contributed by atoms with Crippen molar-refractivity contribution in [1.29, 1.82) is 0 Å². The molecule has 0 aromatic heterocycles. The lowest BCUT2D eigenvalue weighted by molar-refractivity contribution is -0.385. The van der Waals surface area contributed by atoms with Crippen molar-refractivity contribution in [1.82, 2.24) is 4.90 Å². The zero-order valence-corrected chi connectivity index (χ0v) is 12.8. The van der Waals surface area contributed by atoms with Crippen molar-refractivity contribution in [3.8, 4) is 11.5 Å². The van der Waals surface area contributed by atoms with E-state index < -0.39 is 4.92 Å². The fraction of sp³-hybridized carbons (Fsp3) is 0.533. The number of methoxy groups -OCH3 is 1. The minimum atomic E-state index is -0.551. The Labute approximate surface area is 129 Å². The maximum Gasteiger partial charge on any atom is 0.314 e. The van der Waals surface area contributed by atoms with E-state index in [1.54, 1.807) is 11.0 Å². The average Bonchev–Trinajstić information content (AvgIpc) is 2.53. The lowest BCUT2D eigenvalue weighted by Gasteiger charge is -2.30. The van der Waals surface area contributed by atoms with Crippen LogP contribution in [0.25, 0.3) is 0 Å². The van der Waals surface area contributed by atoms with Crippen LogP contribution in [0, 0.1) is 16.0 Å². The summed E-state index contributed by atoms with van der Waals surface area (Å²) in [6.45, 7) is 3.41. The van der Waals surface area contributed by atoms with Crippen molar-refractivity contribution in [3.05, 3.63) is 28.3 Å². The van der Waals surface area contributed by atoms with Gasteiger partial charge in [0.15, 0.2) is 12.4 Å². The molecule has 1 aliphatic rings. The van der Waals surface area contributed by atoms with Crippen molar-refractivity contribution in [3.63, 3.8) is 0 Å². The van der Waals surface area contributed by atoms with E-state index in [2.05, 4.69) is 6.92 Å². The number of hydrogen-bond donors (Lipinski definition) is 0. The lowest BCUT2D eigenvalue weighted by Crippen LogP contribution is -2.40. The van der Waals surface area contributed by atoms with Gasteiger partial charge in [0, 0.05) is 13.1 Å². The number of nitrogens with zero attached hydrogens (tertiary/aromatic N) is 2. The van der Waals surface area contributed by atoms with Crippen LogP contribution >= 0.6 is 0 Å². The number of hydrogen-bond acceptors (Lipinski definition) is 5. The molecule has 1 amide bonds. The molecule has 0 radical (unpaired) electrons. The number of likely N-dealkylation sites (tertiary alicyclic amines) is 1. The molecule has 1 aromatic carbocycles. The van der Waals surface area contributed by atoms with Gasteiger partial charge < -0.3 is 14.4 Å². The highest BCUT2D eigenvalue weighted by Gasteiger charge is 2.22. The molecular formula is C15H20N2O5. The van der Waals surface area contributed by atoms with E-state index in [1.807, 2.05) is 0 Å². The molecule has 22 heavy (non-hydrogen) atoms. The third kappa shape index (κ3) is 3.87. The molecule has 1 aliphatic heterocycles. The number of nitro benzene ring substituents is 1. The molecule has 0 bridgehead atoms. The summed E-state index contributed by atoms with van der Waals surface area (Å²) in [6.07, 6.45) is 1.96. The zero-order chi connectivity index (χ0) is 16.1. The Balaban J connectivity index is 1.99. The Morgan fingerprint density at radius 1 is 1.41 bits per heavy atom. The van der Waals surface area contributed by atoms with Gasteiger partial charge in [-0.05, 0) is 30.9 Å². The first-order chi connectivity index (χ1) is 10.5. The van der Waals surface area contributed by atoms with Gasteiger partial charge in [-0.15, -0.1) is 0 Å². The minimum Gasteiger partial charge on any atom is -0.496 e. The monoisotopic (exact) mass is 308 g/mol. The normalized spacial score (nSPS) is 15.5. The van der Waals surface area contributed by atoms with Gasteiger partial charge in [0.2, 0.25) is 0 Å². The van der Waals surface area contributed by atoms with E-state index in [0.29, 0.717) is 24.8 Å². The van der Waals surface area contributed by atoms with Gasteiger partial charge in [0.25, 0.3) is 5.91 Å². The van der Waals surface area contributed by atoms with E-state index in [-0.39, 0.29) is 24.0 Å². The first kappa shape index (κ1) is 16.1. The molecule has 1 saturated heterocycles. The van der Waals surface area contributed by atoms with Crippen molar-refractivity contribution >= 4 is 11.6 Å². The van der Waals surface area contributed by atoms with Gasteiger partial charge in [-0.25, -0.2) is 0 Å². The second-order valence-electron chi connectivity index (χ2n) is 5.44. The Morgan fingerprint density at radius 2 is 2.09 bits per heavy atom. The Hall–Kier alpha value is -2.31. The van der Waals surface area contributed by atoms with Crippen LogP contribution in [0.3, 0.4) is 0 Å². The number of ether oxygens (including phenoxy) is 2. The first-order valence-electron chi connectivity index (χ1n) is 7.24. The highest BCUT2D eigenvalue weighted by molar-refractivity contribution is 5.78. The largest absolute Gasteiger partial charge is 0.496 e. The maximum atomic E-state index is 12.1. The molecule has 0 aliphatic carbocycles. The molecule has 0 N–H and O–H groups in total. The number of carbonyl (C=O) groups excluding carboxylic acids is 1. The molecular weight excluding hydrogens is 288 g/mol. The summed E-state index contributed by atoms with van der Waals surface area (Å²) in [7, 11) is 1.43. The molecule has 7 nitrogen and oxygen atoms in total. The highest BCUT2D eigenvalue weighted by atomic mass is 16.6. The number of piperidine rings is 1. The number of carbonyl (C=O) groups is 1. The number of benzene rings is 1. The highest BCUT2D eigenvalue weighted by Crippen LogP contribution is 2.31. The summed E-state index contributed by atoms with van der Waals surface area (Å²) in [6, 6.07) is 4.29. The summed E-state index contributed by atoms with van der Waals surface area (Å²) in [5.41, 5.74) is -0.209. The van der Waals surface area contributed by atoms with Crippen LogP contribution in [0.15, 0.2) is 18.2 Å². The minimum absolute atomic E-state index is 0.0736. The number of nitro groups is 1. The first-order valence-corrected chi connectivity index (χ1v) is 7.24. The van der Waals surface area contributed by atoms with Crippen LogP contribution < -0.4 is 9.47 Å². The molecule has 0 unspecified atom stereocenters. The van der Waals surface area contributed by atoms with Crippen molar-refractivity contribution in [2.45, 2.75) is 19.8 Å². The predicted octanol–water partition coefficient (Wildman–Crippen LogP) is 2.24. The predicted molar refractivity (Wildman–Crippen MR) is 80.1 cm³/mol. The van der Waals surface area contributed by atoms with E-state index in [0.717, 1.165) is 12.8 Å². The van der Waals surface area contributed by atoms with Crippen LogP contribution in [0.4, 0.5) is 5.69 Å². The van der Waals surface area contributed by atoms with Crippen LogP contribution in [-0.2, 0) is 4.79 Å². The van der Waals surface area contributed by atoms with Gasteiger partial charge in [-0.1, -0.05) is 6.92 Å². The van der Waals surface area contributed by atoms with Crippen molar-refractivity contribution < 1.29 is 19.2 Å². The van der Waals surface area contributed by atoms with Crippen LogP contribution in [0.5, 0.6) is 11.5 Å². The summed E-state index contributed by atoms with van der Waals surface area (Å²) >= 11 is 0. The summed E-state index contributed by atoms with van der Waals surface area (Å²) < 4.78 is 10.3. The molecule has 0 saturated carbocycles. The molecule has 120 valence electrons. The van der Waals surface area contributed by atoms with E-state index >= 15 is 0 Å². The lowest BCUT2D eigenvalue weighted by atomic mass is 9.99. The summed E-state index contributed by atoms with van der Waals surface area (Å²) in [5, 5.41) is 11.0. The van der Waals surface area contributed by atoms with Gasteiger partial charge in [-0.3, -0.25) is 14.9 Å². The van der Waals surface area contributed by atoms with Crippen LogP contribution in [0.1, 0.15) is 19.8 Å². The maximum absolute atomic E-state index is 12.1. The average molecular weight is 308 g/mol. The third-order valence-corrected chi connectivity index (χ3v) is 3.85. The Kier molecular flexibility index (Phi) is 5.19. The van der Waals surface area contributed by atoms with Crippen LogP contribution in [-0.4, -0.2) is 42.5 Å². The van der Waals surface area contributed by atoms with E-state index in [9.17, 15) is 14.9 Å². The smallest absolute Gasteiger partial charge is 0.314 e. The zero-order valence-electron chi connectivity index (χ0n) is 12.8. The molecule has 1 fully saturated rings. The van der Waals surface area contributed by atoms with Crippen LogP contribution in [0.2, 0.25) is 0 Å². The third-order valence-electron chi connectivity index (χ3n) is 3.85. The fourth-order valence-corrected chi connectivity index (χ4v) is 2.38. The molecule has 7 heteroatoms. The SMILES string of the molecule is COc1ccc(OCC(=O)N2CCC(C)CC2)c([N+](=O)[O-])c1. The summed E-state index contributed by atoms with van der Waals surface area (Å²) in [5.74, 6) is 0.935. The quantitative estimate of drug-likeness (QED) is 0.615. The van der Waals surface area contributed by atoms with E-state index in [4.69, 9.17) is 9.47 Å². The number of amides is 1. The van der Waals surface area contributed by atoms with Crippen molar-refractivity contribution in [2.75, 3.05) is 26.8 Å². The second-order valence-corrected chi connectivity index (χ2v) is 5.44. The second kappa shape index (κ2) is 7.11. The van der Waals surface area contributed by atoms with Gasteiger partial charge in [0.05, 0.1) is 18.1 Å². The Bertz CT molecular complexity index is 553. The molecule has 1 heterocycles. The molecule has 0 spiro atoms. The fourth-order valence-electron chi connectivity index (χ4n) is 2.38. The Morgan fingerprint density at radius 3 is 2.68 bits per heavy atom. The van der Waals surface area contributed by atoms with Gasteiger partial charge in [0.1, 0.15) is 5.75 Å². The topological polar surface area (TPSA) is 81.9 Å². The van der Waals surface area contributed by atoms with E-state index in [1.165, 1.54) is 19.2 Å². The number of rotatable bonds is 5. The molecule has 2 rings (SSSR count). The standard InChI is InChI=1S/C15H20N2O5/c1-11-5-7-16(8-6-11)15(18)10-22-14-4-3-12(21-2)9-13(14)17(19)20/h3-4,9,11H,5-8,10H2,1-2H3. The van der Waals surface area contributed by atoms with Gasteiger partial charge >= 0.3 is 5.69 Å². The molecule has 1 aromatic rings. The molecule has 0 atom stereocenters. The van der Waals surface area contributed by atoms with Gasteiger partial charge in [-0.2, -0.15) is 0 Å².